The van der Waals surface area contributed by atoms with Gasteiger partial charge in [0.15, 0.2) is 5.82 Å². The van der Waals surface area contributed by atoms with E-state index in [1.165, 1.54) is 0 Å². The van der Waals surface area contributed by atoms with E-state index in [-0.39, 0.29) is 6.04 Å². The van der Waals surface area contributed by atoms with Gasteiger partial charge in [-0.25, -0.2) is 4.68 Å². The van der Waals surface area contributed by atoms with E-state index in [1.54, 1.807) is 11.8 Å². The maximum atomic E-state index is 5.68. The summed E-state index contributed by atoms with van der Waals surface area (Å²) in [6.45, 7) is 6.32. The summed E-state index contributed by atoms with van der Waals surface area (Å²) in [7, 11) is 1.65. The van der Waals surface area contributed by atoms with Crippen LogP contribution in [0.1, 0.15) is 29.0 Å². The van der Waals surface area contributed by atoms with Crippen molar-refractivity contribution in [2.45, 2.75) is 26.8 Å². The monoisotopic (exact) mass is 327 g/mol. The minimum absolute atomic E-state index is 0.127. The van der Waals surface area contributed by atoms with Gasteiger partial charge in [-0.1, -0.05) is 0 Å². The second-order valence-corrected chi connectivity index (χ2v) is 5.72. The first-order chi connectivity index (χ1) is 11.6. The molecule has 24 heavy (non-hydrogen) atoms. The van der Waals surface area contributed by atoms with E-state index in [4.69, 9.17) is 9.15 Å². The lowest BCUT2D eigenvalue weighted by atomic mass is 10.2. The van der Waals surface area contributed by atoms with Gasteiger partial charge in [0.25, 0.3) is 0 Å². The molecule has 0 aliphatic heterocycles. The molecule has 0 unspecified atom stereocenters. The highest BCUT2D eigenvalue weighted by Crippen LogP contribution is 2.21. The first-order valence-electron chi connectivity index (χ1n) is 7.76. The molecule has 0 saturated heterocycles. The molecule has 3 heterocycles. The molecule has 0 bridgehead atoms. The Morgan fingerprint density at radius 3 is 2.54 bits per heavy atom. The van der Waals surface area contributed by atoms with Gasteiger partial charge in [-0.3, -0.25) is 0 Å². The zero-order valence-corrected chi connectivity index (χ0v) is 14.3. The fourth-order valence-electron chi connectivity index (χ4n) is 2.56. The molecule has 7 nitrogen and oxygen atoms in total. The van der Waals surface area contributed by atoms with Gasteiger partial charge in [-0.15, -0.1) is 10.2 Å². The summed E-state index contributed by atoms with van der Waals surface area (Å²) >= 11 is 0. The number of hydrogen-bond donors (Lipinski definition) is 1. The smallest absolute Gasteiger partial charge is 0.176 e. The van der Waals surface area contributed by atoms with E-state index in [1.807, 2.05) is 51.1 Å². The van der Waals surface area contributed by atoms with E-state index in [2.05, 4.69) is 20.6 Å². The van der Waals surface area contributed by atoms with Gasteiger partial charge in [-0.05, 0) is 51.1 Å². The predicted octanol–water partition coefficient (Wildman–Crippen LogP) is 2.98. The summed E-state index contributed by atoms with van der Waals surface area (Å²) < 4.78 is 12.7. The Labute approximate surface area is 140 Å². The lowest BCUT2D eigenvalue weighted by molar-refractivity contribution is 0.178. The minimum Gasteiger partial charge on any atom is -0.464 e. The fraction of sp³-hybridized carbons (Fsp3) is 0.353. The van der Waals surface area contributed by atoms with Gasteiger partial charge in [0, 0.05) is 12.8 Å². The molecule has 1 N–H and O–H groups in total. The van der Waals surface area contributed by atoms with Gasteiger partial charge in [0.2, 0.25) is 0 Å². The number of methoxy groups -OCH3 is 1. The minimum atomic E-state index is -0.127. The lowest BCUT2D eigenvalue weighted by Crippen LogP contribution is -2.17. The van der Waals surface area contributed by atoms with Crippen molar-refractivity contribution in [3.63, 3.8) is 0 Å². The first-order valence-corrected chi connectivity index (χ1v) is 7.76. The Balaban J connectivity index is 1.78. The second kappa shape index (κ2) is 6.84. The first kappa shape index (κ1) is 16.2. The molecule has 3 aromatic rings. The molecule has 0 spiro atoms. The van der Waals surface area contributed by atoms with E-state index in [0.29, 0.717) is 18.2 Å². The van der Waals surface area contributed by atoms with Crippen LogP contribution in [0.5, 0.6) is 0 Å². The van der Waals surface area contributed by atoms with Crippen molar-refractivity contribution in [1.29, 1.82) is 0 Å². The number of aromatic nitrogens is 4. The van der Waals surface area contributed by atoms with Gasteiger partial charge in [0.1, 0.15) is 23.4 Å². The molecule has 7 heteroatoms. The number of nitrogens with zero attached hydrogens (tertiary/aromatic N) is 4. The quantitative estimate of drug-likeness (QED) is 0.750. The highest BCUT2D eigenvalue weighted by molar-refractivity contribution is 5.39. The third-order valence-electron chi connectivity index (χ3n) is 3.64. The lowest BCUT2D eigenvalue weighted by Gasteiger charge is -2.16. The van der Waals surface area contributed by atoms with Crippen molar-refractivity contribution in [2.24, 2.45) is 0 Å². The molecule has 0 aliphatic carbocycles. The van der Waals surface area contributed by atoms with Crippen LogP contribution < -0.4 is 5.32 Å². The van der Waals surface area contributed by atoms with Crippen LogP contribution in [0.4, 0.5) is 5.82 Å². The molecule has 3 rings (SSSR count). The summed E-state index contributed by atoms with van der Waals surface area (Å²) in [5.74, 6) is 3.00. The largest absolute Gasteiger partial charge is 0.464 e. The topological polar surface area (TPSA) is 78.0 Å². The van der Waals surface area contributed by atoms with Crippen LogP contribution >= 0.6 is 0 Å². The summed E-state index contributed by atoms with van der Waals surface area (Å²) in [6, 6.07) is 9.49. The maximum absolute atomic E-state index is 5.68. The van der Waals surface area contributed by atoms with Crippen LogP contribution in [-0.2, 0) is 4.74 Å². The normalized spacial score (nSPS) is 12.3. The number of hydrogen-bond acceptors (Lipinski definition) is 6. The van der Waals surface area contributed by atoms with Crippen molar-refractivity contribution < 1.29 is 9.15 Å². The van der Waals surface area contributed by atoms with Crippen LogP contribution in [-0.4, -0.2) is 33.7 Å². The molecule has 0 radical (unpaired) electrons. The summed E-state index contributed by atoms with van der Waals surface area (Å²) in [5, 5.41) is 16.2. The molecule has 3 aromatic heterocycles. The average molecular weight is 327 g/mol. The number of rotatable bonds is 6. The van der Waals surface area contributed by atoms with Crippen molar-refractivity contribution in [1.82, 2.24) is 20.0 Å². The molecule has 0 saturated carbocycles. The van der Waals surface area contributed by atoms with Gasteiger partial charge >= 0.3 is 0 Å². The van der Waals surface area contributed by atoms with Crippen molar-refractivity contribution in [2.75, 3.05) is 19.0 Å². The molecule has 126 valence electrons. The molecule has 1 atom stereocenters. The number of ether oxygens (including phenoxy) is 1. The zero-order valence-electron chi connectivity index (χ0n) is 14.3. The van der Waals surface area contributed by atoms with Gasteiger partial charge in [-0.2, -0.15) is 5.10 Å². The van der Waals surface area contributed by atoms with E-state index in [9.17, 15) is 0 Å². The van der Waals surface area contributed by atoms with Crippen LogP contribution in [0, 0.1) is 20.8 Å². The number of nitrogens with one attached hydrogen (secondary N) is 1. The van der Waals surface area contributed by atoms with E-state index in [0.717, 1.165) is 22.9 Å². The van der Waals surface area contributed by atoms with Crippen LogP contribution in [0.25, 0.3) is 5.82 Å². The number of anilines is 1. The van der Waals surface area contributed by atoms with Gasteiger partial charge in [0.05, 0.1) is 12.3 Å². The molecule has 0 amide bonds. The summed E-state index contributed by atoms with van der Waals surface area (Å²) in [6.07, 6.45) is 0. The summed E-state index contributed by atoms with van der Waals surface area (Å²) in [4.78, 5) is 0. The Morgan fingerprint density at radius 1 is 1.17 bits per heavy atom. The molecule has 0 aromatic carbocycles. The van der Waals surface area contributed by atoms with E-state index >= 15 is 0 Å². The number of furan rings is 1. The Kier molecular flexibility index (Phi) is 4.61. The second-order valence-electron chi connectivity index (χ2n) is 5.72. The number of aryl methyl sites for hydroxylation is 3. The van der Waals surface area contributed by atoms with Crippen LogP contribution in [0.3, 0.4) is 0 Å². The SMILES string of the molecule is COC[C@H](Nc1ccc(-n2nc(C)cc2C)nn1)c1ccc(C)o1. The average Bonchev–Trinajstić information content (AvgIpc) is 3.13. The van der Waals surface area contributed by atoms with Crippen molar-refractivity contribution in [3.8, 4) is 5.82 Å². The highest BCUT2D eigenvalue weighted by Gasteiger charge is 2.16. The predicted molar refractivity (Wildman–Crippen MR) is 90.3 cm³/mol. The van der Waals surface area contributed by atoms with Crippen LogP contribution in [0.2, 0.25) is 0 Å². The third-order valence-corrected chi connectivity index (χ3v) is 3.64. The van der Waals surface area contributed by atoms with Crippen molar-refractivity contribution >= 4 is 5.82 Å². The molecule has 0 fully saturated rings. The molecule has 0 aliphatic rings. The Bertz CT molecular complexity index is 807. The molecular weight excluding hydrogens is 306 g/mol. The highest BCUT2D eigenvalue weighted by atomic mass is 16.5. The molecular formula is C17H21N5O2. The fourth-order valence-corrected chi connectivity index (χ4v) is 2.56. The Morgan fingerprint density at radius 2 is 2.00 bits per heavy atom. The maximum Gasteiger partial charge on any atom is 0.176 e. The Hall–Kier alpha value is -2.67. The van der Waals surface area contributed by atoms with E-state index < -0.39 is 0 Å². The zero-order chi connectivity index (χ0) is 17.1. The third kappa shape index (κ3) is 3.46. The van der Waals surface area contributed by atoms with Crippen molar-refractivity contribution in [3.05, 3.63) is 53.2 Å². The summed E-state index contributed by atoms with van der Waals surface area (Å²) in [5.41, 5.74) is 1.97. The van der Waals surface area contributed by atoms with Gasteiger partial charge < -0.3 is 14.5 Å². The van der Waals surface area contributed by atoms with Crippen LogP contribution in [0.15, 0.2) is 34.7 Å². The standard InChI is InChI=1S/C17H21N5O2/c1-11-9-12(2)22(21-11)17-8-7-16(19-20-17)18-14(10-23-4)15-6-5-13(3)24-15/h5-9,14H,10H2,1-4H3,(H,18,19)/t14-/m0/s1.